The van der Waals surface area contributed by atoms with Gasteiger partial charge in [0, 0.05) is 6.20 Å². The lowest BCUT2D eigenvalue weighted by Crippen LogP contribution is -2.11. The van der Waals surface area contributed by atoms with Gasteiger partial charge in [0.25, 0.3) is 5.91 Å². The van der Waals surface area contributed by atoms with Gasteiger partial charge in [-0.25, -0.2) is 4.98 Å². The molecule has 2 rings (SSSR count). The summed E-state index contributed by atoms with van der Waals surface area (Å²) in [5, 5.41) is 0. The van der Waals surface area contributed by atoms with E-state index in [2.05, 4.69) is 4.98 Å². The third-order valence-corrected chi connectivity index (χ3v) is 2.58. The van der Waals surface area contributed by atoms with Crippen LogP contribution in [0.1, 0.15) is 29.0 Å². The van der Waals surface area contributed by atoms with Gasteiger partial charge in [0.2, 0.25) is 0 Å². The number of amides is 1. The highest BCUT2D eigenvalue weighted by Crippen LogP contribution is 2.17. The van der Waals surface area contributed by atoms with E-state index in [1.807, 2.05) is 41.8 Å². The van der Waals surface area contributed by atoms with Crippen molar-refractivity contribution in [1.82, 2.24) is 9.55 Å². The molecule has 1 atom stereocenters. The molecular weight excluding hydrogens is 202 g/mol. The Morgan fingerprint density at radius 1 is 1.38 bits per heavy atom. The molecule has 0 spiro atoms. The number of rotatable bonds is 3. The van der Waals surface area contributed by atoms with Crippen LogP contribution in [-0.2, 0) is 0 Å². The maximum absolute atomic E-state index is 10.9. The molecule has 0 bridgehead atoms. The lowest BCUT2D eigenvalue weighted by atomic mass is 10.1. The Hall–Kier alpha value is -2.10. The lowest BCUT2D eigenvalue weighted by Gasteiger charge is -2.12. The van der Waals surface area contributed by atoms with Gasteiger partial charge in [-0.15, -0.1) is 0 Å². The van der Waals surface area contributed by atoms with Crippen LogP contribution in [-0.4, -0.2) is 15.5 Å². The molecule has 1 amide bonds. The van der Waals surface area contributed by atoms with Gasteiger partial charge in [0.05, 0.1) is 12.4 Å². The molecule has 1 aromatic carbocycles. The normalized spacial score (nSPS) is 12.3. The molecule has 0 saturated carbocycles. The highest BCUT2D eigenvalue weighted by atomic mass is 16.1. The van der Waals surface area contributed by atoms with E-state index in [4.69, 9.17) is 5.73 Å². The molecule has 0 aliphatic carbocycles. The highest BCUT2D eigenvalue weighted by Gasteiger charge is 2.10. The number of nitrogens with zero attached hydrogens (tertiary/aromatic N) is 2. The molecule has 0 radical (unpaired) electrons. The van der Waals surface area contributed by atoms with Crippen molar-refractivity contribution in [1.29, 1.82) is 0 Å². The molecule has 2 N–H and O–H groups in total. The Bertz CT molecular complexity index is 490. The largest absolute Gasteiger partial charge is 0.364 e. The van der Waals surface area contributed by atoms with Crippen molar-refractivity contribution in [3.8, 4) is 0 Å². The van der Waals surface area contributed by atoms with E-state index in [1.54, 1.807) is 12.5 Å². The van der Waals surface area contributed by atoms with Crippen LogP contribution in [0.15, 0.2) is 42.9 Å². The van der Waals surface area contributed by atoms with Gasteiger partial charge in [-0.2, -0.15) is 0 Å². The molecule has 82 valence electrons. The van der Waals surface area contributed by atoms with Crippen molar-refractivity contribution >= 4 is 5.91 Å². The molecule has 0 fully saturated rings. The average molecular weight is 215 g/mol. The lowest BCUT2D eigenvalue weighted by molar-refractivity contribution is 0.0996. The third-order valence-electron chi connectivity index (χ3n) is 2.58. The number of carbonyl (C=O) groups excluding carboxylic acids is 1. The van der Waals surface area contributed by atoms with Crippen LogP contribution in [0.5, 0.6) is 0 Å². The SMILES string of the molecule is CC(c1ccccc1)n1cnc(C(N)=O)c1. The quantitative estimate of drug-likeness (QED) is 0.845. The molecule has 1 unspecified atom stereocenters. The number of nitrogens with two attached hydrogens (primary N) is 1. The van der Waals surface area contributed by atoms with Gasteiger partial charge in [0.1, 0.15) is 5.69 Å². The number of benzene rings is 1. The Morgan fingerprint density at radius 2 is 2.06 bits per heavy atom. The first-order valence-corrected chi connectivity index (χ1v) is 5.06. The van der Waals surface area contributed by atoms with E-state index in [0.29, 0.717) is 5.69 Å². The van der Waals surface area contributed by atoms with E-state index in [9.17, 15) is 4.79 Å². The predicted octanol–water partition coefficient (Wildman–Crippen LogP) is 1.59. The fourth-order valence-corrected chi connectivity index (χ4v) is 1.58. The van der Waals surface area contributed by atoms with Crippen molar-refractivity contribution in [2.24, 2.45) is 5.73 Å². The van der Waals surface area contributed by atoms with Gasteiger partial charge < -0.3 is 10.3 Å². The fourth-order valence-electron chi connectivity index (χ4n) is 1.58. The Kier molecular flexibility index (Phi) is 2.72. The molecule has 0 aliphatic rings. The second-order valence-corrected chi connectivity index (χ2v) is 3.66. The maximum Gasteiger partial charge on any atom is 0.268 e. The van der Waals surface area contributed by atoms with Crippen LogP contribution < -0.4 is 5.73 Å². The summed E-state index contributed by atoms with van der Waals surface area (Å²) in [5.74, 6) is -0.501. The fraction of sp³-hybridized carbons (Fsp3) is 0.167. The smallest absolute Gasteiger partial charge is 0.268 e. The van der Waals surface area contributed by atoms with E-state index < -0.39 is 5.91 Å². The van der Waals surface area contributed by atoms with Crippen LogP contribution in [0.3, 0.4) is 0 Å². The zero-order valence-electron chi connectivity index (χ0n) is 9.00. The number of hydrogen-bond acceptors (Lipinski definition) is 2. The van der Waals surface area contributed by atoms with Crippen LogP contribution in [0, 0.1) is 0 Å². The summed E-state index contributed by atoms with van der Waals surface area (Å²) in [5.41, 5.74) is 6.61. The minimum absolute atomic E-state index is 0.141. The summed E-state index contributed by atoms with van der Waals surface area (Å²) in [4.78, 5) is 14.9. The Labute approximate surface area is 93.7 Å². The van der Waals surface area contributed by atoms with Crippen LogP contribution in [0.25, 0.3) is 0 Å². The molecule has 0 aliphatic heterocycles. The van der Waals surface area contributed by atoms with Gasteiger partial charge >= 0.3 is 0 Å². The Balaban J connectivity index is 2.27. The molecule has 4 heteroatoms. The number of primary amides is 1. The zero-order chi connectivity index (χ0) is 11.5. The number of aromatic nitrogens is 2. The molecule has 16 heavy (non-hydrogen) atoms. The molecule has 4 nitrogen and oxygen atoms in total. The molecular formula is C12H13N3O. The van der Waals surface area contributed by atoms with E-state index in [-0.39, 0.29) is 6.04 Å². The van der Waals surface area contributed by atoms with E-state index in [1.165, 1.54) is 0 Å². The van der Waals surface area contributed by atoms with E-state index >= 15 is 0 Å². The molecule has 1 heterocycles. The number of imidazole rings is 1. The minimum Gasteiger partial charge on any atom is -0.364 e. The van der Waals surface area contributed by atoms with E-state index in [0.717, 1.165) is 5.56 Å². The summed E-state index contributed by atoms with van der Waals surface area (Å²) >= 11 is 0. The summed E-state index contributed by atoms with van der Waals surface area (Å²) < 4.78 is 1.87. The average Bonchev–Trinajstić information content (AvgIpc) is 2.78. The molecule has 1 aromatic heterocycles. The molecule has 0 saturated heterocycles. The molecule has 2 aromatic rings. The van der Waals surface area contributed by atoms with Gasteiger partial charge in [0.15, 0.2) is 0 Å². The highest BCUT2D eigenvalue weighted by molar-refractivity contribution is 5.90. The van der Waals surface area contributed by atoms with Crippen LogP contribution >= 0.6 is 0 Å². The second-order valence-electron chi connectivity index (χ2n) is 3.66. The van der Waals surface area contributed by atoms with Crippen LogP contribution in [0.2, 0.25) is 0 Å². The third kappa shape index (κ3) is 1.95. The first kappa shape index (κ1) is 10.4. The zero-order valence-corrected chi connectivity index (χ0v) is 9.00. The first-order chi connectivity index (χ1) is 7.68. The summed E-state index contributed by atoms with van der Waals surface area (Å²) in [6.07, 6.45) is 3.29. The summed E-state index contributed by atoms with van der Waals surface area (Å²) in [6, 6.07) is 10.2. The monoisotopic (exact) mass is 215 g/mol. The van der Waals surface area contributed by atoms with Gasteiger partial charge in [-0.3, -0.25) is 4.79 Å². The van der Waals surface area contributed by atoms with Crippen LogP contribution in [0.4, 0.5) is 0 Å². The maximum atomic E-state index is 10.9. The number of carbonyl (C=O) groups is 1. The van der Waals surface area contributed by atoms with Gasteiger partial charge in [-0.05, 0) is 12.5 Å². The first-order valence-electron chi connectivity index (χ1n) is 5.06. The summed E-state index contributed by atoms with van der Waals surface area (Å²) in [6.45, 7) is 2.04. The van der Waals surface area contributed by atoms with Crippen molar-refractivity contribution in [3.05, 3.63) is 54.1 Å². The van der Waals surface area contributed by atoms with Crippen molar-refractivity contribution < 1.29 is 4.79 Å². The van der Waals surface area contributed by atoms with Crippen molar-refractivity contribution in [2.45, 2.75) is 13.0 Å². The van der Waals surface area contributed by atoms with Crippen molar-refractivity contribution in [3.63, 3.8) is 0 Å². The predicted molar refractivity (Wildman–Crippen MR) is 61.0 cm³/mol. The second kappa shape index (κ2) is 4.18. The standard InChI is InChI=1S/C12H13N3O/c1-9(10-5-3-2-4-6-10)15-7-11(12(13)16)14-8-15/h2-9H,1H3,(H2,13,16). The number of hydrogen-bond donors (Lipinski definition) is 1. The topological polar surface area (TPSA) is 60.9 Å². The van der Waals surface area contributed by atoms with Gasteiger partial charge in [-0.1, -0.05) is 30.3 Å². The Morgan fingerprint density at radius 3 is 2.62 bits per heavy atom. The minimum atomic E-state index is -0.501. The van der Waals surface area contributed by atoms with Crippen molar-refractivity contribution in [2.75, 3.05) is 0 Å². The summed E-state index contributed by atoms with van der Waals surface area (Å²) in [7, 11) is 0.